The van der Waals surface area contributed by atoms with Crippen LogP contribution in [0.1, 0.15) is 0 Å². The van der Waals surface area contributed by atoms with Crippen molar-refractivity contribution in [3.05, 3.63) is 77.6 Å². The molecule has 0 amide bonds. The summed E-state index contributed by atoms with van der Waals surface area (Å²) in [7, 11) is 0. The summed E-state index contributed by atoms with van der Waals surface area (Å²) in [5.41, 5.74) is 4.79. The Hall–Kier alpha value is -3.67. The summed E-state index contributed by atoms with van der Waals surface area (Å²) < 4.78 is 1.88. The van der Waals surface area contributed by atoms with Crippen molar-refractivity contribution in [1.29, 1.82) is 0 Å². The van der Waals surface area contributed by atoms with Gasteiger partial charge in [0.15, 0.2) is 0 Å². The van der Waals surface area contributed by atoms with E-state index in [1.807, 2.05) is 59.3 Å². The number of aromatic amines is 2. The van der Waals surface area contributed by atoms with E-state index in [9.17, 15) is 4.79 Å². The minimum absolute atomic E-state index is 0.164. The van der Waals surface area contributed by atoms with Crippen LogP contribution in [0.25, 0.3) is 38.8 Å². The molecule has 3 heterocycles. The molecule has 0 saturated carbocycles. The molecule has 0 atom stereocenters. The molecule has 2 N–H and O–H groups in total. The molecule has 5 aromatic rings. The van der Waals surface area contributed by atoms with E-state index >= 15 is 0 Å². The Morgan fingerprint density at radius 1 is 1.04 bits per heavy atom. The molecule has 6 heteroatoms. The molecule has 0 unspecified atom stereocenters. The van der Waals surface area contributed by atoms with E-state index in [1.54, 1.807) is 6.20 Å². The molecule has 0 bridgehead atoms. The molecule has 0 aliphatic heterocycles. The van der Waals surface area contributed by atoms with Gasteiger partial charge < -0.3 is 9.55 Å². The Kier molecular flexibility index (Phi) is 2.84. The smallest absolute Gasteiger partial charge is 0.275 e. The monoisotopic (exact) mass is 327 g/mol. The number of benzene rings is 2. The number of para-hydroxylation sites is 1. The van der Waals surface area contributed by atoms with Gasteiger partial charge in [-0.15, -0.1) is 0 Å². The largest absolute Gasteiger partial charge is 0.311 e. The number of nitrogens with zero attached hydrogens (tertiary/aromatic N) is 3. The maximum atomic E-state index is 12.5. The summed E-state index contributed by atoms with van der Waals surface area (Å²) in [5.74, 6) is 0. The lowest BCUT2D eigenvalue weighted by Gasteiger charge is -2.03. The maximum absolute atomic E-state index is 12.5. The van der Waals surface area contributed by atoms with Crippen molar-refractivity contribution in [2.45, 2.75) is 0 Å². The zero-order valence-corrected chi connectivity index (χ0v) is 13.1. The van der Waals surface area contributed by atoms with Gasteiger partial charge in [0.1, 0.15) is 11.0 Å². The standard InChI is InChI=1S/C19H13N5O/c25-19-18-17(20-11-21-19)15(10-24(18)14-4-2-1-3-5-14)12-6-7-13-9-22-23-16(13)8-12/h1-11H,(H,22,23)(H,20,21,25). The van der Waals surface area contributed by atoms with E-state index in [0.717, 1.165) is 27.7 Å². The molecule has 0 aliphatic rings. The fraction of sp³-hybridized carbons (Fsp3) is 0. The Bertz CT molecular complexity index is 1260. The Labute approximate surface area is 141 Å². The normalized spacial score (nSPS) is 11.4. The molecule has 0 spiro atoms. The molecule has 25 heavy (non-hydrogen) atoms. The van der Waals surface area contributed by atoms with Crippen LogP contribution >= 0.6 is 0 Å². The minimum Gasteiger partial charge on any atom is -0.311 e. The van der Waals surface area contributed by atoms with Crippen LogP contribution in [0.4, 0.5) is 0 Å². The molecular weight excluding hydrogens is 314 g/mol. The summed E-state index contributed by atoms with van der Waals surface area (Å²) in [6.45, 7) is 0. The number of hydrogen-bond donors (Lipinski definition) is 2. The topological polar surface area (TPSA) is 79.4 Å². The van der Waals surface area contributed by atoms with Crippen LogP contribution in [0, 0.1) is 0 Å². The summed E-state index contributed by atoms with van der Waals surface area (Å²) in [4.78, 5) is 19.6. The van der Waals surface area contributed by atoms with E-state index in [0.29, 0.717) is 11.0 Å². The fourth-order valence-corrected chi connectivity index (χ4v) is 3.18. The van der Waals surface area contributed by atoms with Crippen LogP contribution in [0.5, 0.6) is 0 Å². The first-order valence-corrected chi connectivity index (χ1v) is 7.89. The van der Waals surface area contributed by atoms with Gasteiger partial charge in [0, 0.05) is 22.8 Å². The Morgan fingerprint density at radius 2 is 1.92 bits per heavy atom. The van der Waals surface area contributed by atoms with E-state index in [4.69, 9.17) is 0 Å². The summed E-state index contributed by atoms with van der Waals surface area (Å²) >= 11 is 0. The average Bonchev–Trinajstić information content (AvgIpc) is 3.27. The molecule has 0 saturated heterocycles. The molecule has 0 aliphatic carbocycles. The highest BCUT2D eigenvalue weighted by Gasteiger charge is 2.16. The van der Waals surface area contributed by atoms with Gasteiger partial charge >= 0.3 is 0 Å². The van der Waals surface area contributed by atoms with Crippen molar-refractivity contribution in [3.8, 4) is 16.8 Å². The third kappa shape index (κ3) is 2.08. The summed E-state index contributed by atoms with van der Waals surface area (Å²) in [6, 6.07) is 15.8. The summed E-state index contributed by atoms with van der Waals surface area (Å²) in [6.07, 6.45) is 5.19. The summed E-state index contributed by atoms with van der Waals surface area (Å²) in [5, 5.41) is 8.09. The molecular formula is C19H13N5O. The molecule has 2 aromatic carbocycles. The first-order chi connectivity index (χ1) is 12.3. The third-order valence-corrected chi connectivity index (χ3v) is 4.37. The fourth-order valence-electron chi connectivity index (χ4n) is 3.18. The first kappa shape index (κ1) is 13.7. The zero-order valence-electron chi connectivity index (χ0n) is 13.1. The minimum atomic E-state index is -0.164. The van der Waals surface area contributed by atoms with Crippen LogP contribution < -0.4 is 5.56 Å². The molecule has 120 valence electrons. The lowest BCUT2D eigenvalue weighted by Crippen LogP contribution is -2.09. The highest BCUT2D eigenvalue weighted by atomic mass is 16.1. The molecule has 5 rings (SSSR count). The van der Waals surface area contributed by atoms with Crippen LogP contribution in [-0.4, -0.2) is 24.7 Å². The van der Waals surface area contributed by atoms with Crippen molar-refractivity contribution in [3.63, 3.8) is 0 Å². The lowest BCUT2D eigenvalue weighted by atomic mass is 10.1. The molecule has 3 aromatic heterocycles. The van der Waals surface area contributed by atoms with Gasteiger partial charge in [0.25, 0.3) is 5.56 Å². The second-order valence-electron chi connectivity index (χ2n) is 5.85. The number of aromatic nitrogens is 5. The molecule has 0 fully saturated rings. The second kappa shape index (κ2) is 5.17. The van der Waals surface area contributed by atoms with E-state index < -0.39 is 0 Å². The van der Waals surface area contributed by atoms with Gasteiger partial charge in [0.05, 0.1) is 18.0 Å². The maximum Gasteiger partial charge on any atom is 0.275 e. The van der Waals surface area contributed by atoms with E-state index in [1.165, 1.54) is 6.33 Å². The van der Waals surface area contributed by atoms with Crippen LogP contribution in [-0.2, 0) is 0 Å². The molecule has 0 radical (unpaired) electrons. The van der Waals surface area contributed by atoms with Gasteiger partial charge in [-0.1, -0.05) is 30.3 Å². The Morgan fingerprint density at radius 3 is 2.80 bits per heavy atom. The predicted octanol–water partition coefficient (Wildman–Crippen LogP) is 3.26. The van der Waals surface area contributed by atoms with Crippen LogP contribution in [0.3, 0.4) is 0 Å². The Balaban J connectivity index is 1.84. The van der Waals surface area contributed by atoms with Crippen molar-refractivity contribution in [1.82, 2.24) is 24.7 Å². The second-order valence-corrected chi connectivity index (χ2v) is 5.85. The van der Waals surface area contributed by atoms with Crippen molar-refractivity contribution in [2.24, 2.45) is 0 Å². The van der Waals surface area contributed by atoms with Crippen molar-refractivity contribution < 1.29 is 0 Å². The van der Waals surface area contributed by atoms with Crippen molar-refractivity contribution in [2.75, 3.05) is 0 Å². The quantitative estimate of drug-likeness (QED) is 0.522. The number of fused-ring (bicyclic) bond motifs is 2. The van der Waals surface area contributed by atoms with Crippen molar-refractivity contribution >= 4 is 21.9 Å². The highest BCUT2D eigenvalue weighted by molar-refractivity contribution is 5.96. The number of hydrogen-bond acceptors (Lipinski definition) is 3. The zero-order chi connectivity index (χ0) is 16.8. The number of H-pyrrole nitrogens is 2. The highest BCUT2D eigenvalue weighted by Crippen LogP contribution is 2.31. The first-order valence-electron chi connectivity index (χ1n) is 7.89. The SMILES string of the molecule is O=c1[nH]cnc2c(-c3ccc4cn[nH]c4c3)cn(-c3ccccc3)c12. The van der Waals surface area contributed by atoms with Gasteiger partial charge in [-0.25, -0.2) is 4.98 Å². The predicted molar refractivity (Wildman–Crippen MR) is 96.8 cm³/mol. The number of rotatable bonds is 2. The van der Waals surface area contributed by atoms with Gasteiger partial charge in [-0.2, -0.15) is 5.10 Å². The van der Waals surface area contributed by atoms with Gasteiger partial charge in [-0.05, 0) is 23.8 Å². The van der Waals surface area contributed by atoms with Crippen LogP contribution in [0.2, 0.25) is 0 Å². The lowest BCUT2D eigenvalue weighted by molar-refractivity contribution is 1.08. The third-order valence-electron chi connectivity index (χ3n) is 4.37. The van der Waals surface area contributed by atoms with E-state index in [-0.39, 0.29) is 5.56 Å². The number of nitrogens with one attached hydrogen (secondary N) is 2. The van der Waals surface area contributed by atoms with Crippen LogP contribution in [0.15, 0.2) is 72.0 Å². The molecule has 6 nitrogen and oxygen atoms in total. The van der Waals surface area contributed by atoms with Gasteiger partial charge in [0.2, 0.25) is 0 Å². The van der Waals surface area contributed by atoms with E-state index in [2.05, 4.69) is 20.2 Å². The average molecular weight is 327 g/mol. The van der Waals surface area contributed by atoms with Gasteiger partial charge in [-0.3, -0.25) is 9.89 Å².